The minimum absolute atomic E-state index is 0.268. The van der Waals surface area contributed by atoms with Crippen molar-refractivity contribution in [1.29, 1.82) is 0 Å². The van der Waals surface area contributed by atoms with Crippen molar-refractivity contribution in [3.63, 3.8) is 0 Å². The van der Waals surface area contributed by atoms with E-state index in [2.05, 4.69) is 56.9 Å². The molecule has 3 aromatic rings. The summed E-state index contributed by atoms with van der Waals surface area (Å²) in [5.41, 5.74) is 2.49. The zero-order valence-electron chi connectivity index (χ0n) is 18.3. The van der Waals surface area contributed by atoms with Crippen LogP contribution < -0.4 is 4.90 Å². The van der Waals surface area contributed by atoms with E-state index < -0.39 is 0 Å². The first-order valence-corrected chi connectivity index (χ1v) is 11.6. The molecule has 3 heterocycles. The van der Waals surface area contributed by atoms with E-state index in [9.17, 15) is 4.79 Å². The number of benzene rings is 1. The minimum Gasteiger partial charge on any atom is -0.352 e. The number of nitrogens with zero attached hydrogens (tertiary/aromatic N) is 4. The van der Waals surface area contributed by atoms with Crippen LogP contribution in [0, 0.1) is 19.8 Å². The summed E-state index contributed by atoms with van der Waals surface area (Å²) in [6.07, 6.45) is 1.36. The number of hydrogen-bond donors (Lipinski definition) is 0. The predicted octanol–water partition coefficient (Wildman–Crippen LogP) is 4.59. The Morgan fingerprint density at radius 1 is 1.07 bits per heavy atom. The molecule has 30 heavy (non-hydrogen) atoms. The van der Waals surface area contributed by atoms with Gasteiger partial charge in [0.15, 0.2) is 0 Å². The quantitative estimate of drug-likeness (QED) is 0.603. The van der Waals surface area contributed by atoms with Gasteiger partial charge >= 0.3 is 0 Å². The highest BCUT2D eigenvalue weighted by atomic mass is 32.1. The first-order valence-electron chi connectivity index (χ1n) is 10.8. The van der Waals surface area contributed by atoms with E-state index in [0.717, 1.165) is 49.1 Å². The smallest absolute Gasteiger partial charge is 0.222 e. The Bertz CT molecular complexity index is 1040. The van der Waals surface area contributed by atoms with Crippen molar-refractivity contribution in [2.75, 3.05) is 31.1 Å². The molecule has 0 bridgehead atoms. The Labute approximate surface area is 182 Å². The molecule has 1 aliphatic heterocycles. The van der Waals surface area contributed by atoms with Crippen molar-refractivity contribution in [2.45, 2.75) is 40.5 Å². The van der Waals surface area contributed by atoms with Gasteiger partial charge in [-0.1, -0.05) is 44.2 Å². The number of piperazine rings is 1. The highest BCUT2D eigenvalue weighted by molar-refractivity contribution is 7.18. The third kappa shape index (κ3) is 4.33. The number of aromatic nitrogens is 2. The SMILES string of the molecule is Cc1sc2nc(Cc3ccccc3)nc(N3CCN(C(=O)CC(C)C)CC3)c2c1C. The second kappa shape index (κ2) is 8.72. The van der Waals surface area contributed by atoms with Gasteiger partial charge in [-0.2, -0.15) is 0 Å². The van der Waals surface area contributed by atoms with E-state index in [1.165, 1.54) is 21.4 Å². The molecule has 0 aliphatic carbocycles. The molecule has 5 nitrogen and oxygen atoms in total. The zero-order chi connectivity index (χ0) is 21.3. The molecule has 1 saturated heterocycles. The maximum Gasteiger partial charge on any atom is 0.222 e. The first-order chi connectivity index (χ1) is 14.4. The Morgan fingerprint density at radius 3 is 2.43 bits per heavy atom. The molecule has 0 unspecified atom stereocenters. The van der Waals surface area contributed by atoms with Crippen LogP contribution in [0.15, 0.2) is 30.3 Å². The lowest BCUT2D eigenvalue weighted by molar-refractivity contribution is -0.132. The Kier molecular flexibility index (Phi) is 6.04. The number of carbonyl (C=O) groups is 1. The summed E-state index contributed by atoms with van der Waals surface area (Å²) in [4.78, 5) is 29.1. The first kappa shape index (κ1) is 20.8. The molecular formula is C24H30N4OS. The number of amides is 1. The Morgan fingerprint density at radius 2 is 1.77 bits per heavy atom. The molecule has 0 spiro atoms. The monoisotopic (exact) mass is 422 g/mol. The standard InChI is InChI=1S/C24H30N4OS/c1-16(2)14-21(29)27-10-12-28(13-11-27)23-22-17(3)18(4)30-24(22)26-20(25-23)15-19-8-6-5-7-9-19/h5-9,16H,10-15H2,1-4H3. The number of aryl methyl sites for hydroxylation is 2. The molecule has 6 heteroatoms. The van der Waals surface area contributed by atoms with Crippen LogP contribution in [0.2, 0.25) is 0 Å². The molecule has 1 fully saturated rings. The van der Waals surface area contributed by atoms with Crippen molar-refractivity contribution in [3.8, 4) is 0 Å². The van der Waals surface area contributed by atoms with Crippen molar-refractivity contribution in [3.05, 3.63) is 52.2 Å². The van der Waals surface area contributed by atoms with E-state index >= 15 is 0 Å². The van der Waals surface area contributed by atoms with Crippen LogP contribution in [0.5, 0.6) is 0 Å². The lowest BCUT2D eigenvalue weighted by Crippen LogP contribution is -2.49. The summed E-state index contributed by atoms with van der Waals surface area (Å²) in [5.74, 6) is 2.56. The van der Waals surface area contributed by atoms with Crippen LogP contribution in [-0.4, -0.2) is 47.0 Å². The fourth-order valence-corrected chi connectivity index (χ4v) is 5.05. The van der Waals surface area contributed by atoms with E-state index in [0.29, 0.717) is 12.3 Å². The van der Waals surface area contributed by atoms with E-state index in [1.807, 2.05) is 11.0 Å². The van der Waals surface area contributed by atoms with Gasteiger partial charge in [-0.15, -0.1) is 11.3 Å². The van der Waals surface area contributed by atoms with Gasteiger partial charge in [0.05, 0.1) is 5.39 Å². The van der Waals surface area contributed by atoms with Gasteiger partial charge in [0.25, 0.3) is 0 Å². The average Bonchev–Trinajstić information content (AvgIpc) is 3.01. The van der Waals surface area contributed by atoms with Gasteiger partial charge in [-0.25, -0.2) is 9.97 Å². The molecule has 2 aromatic heterocycles. The molecule has 1 aromatic carbocycles. The van der Waals surface area contributed by atoms with Gasteiger partial charge in [-0.3, -0.25) is 4.79 Å². The molecule has 1 amide bonds. The summed E-state index contributed by atoms with van der Waals surface area (Å²) in [6.45, 7) is 11.7. The van der Waals surface area contributed by atoms with Crippen LogP contribution in [0.4, 0.5) is 5.82 Å². The van der Waals surface area contributed by atoms with Gasteiger partial charge in [-0.05, 0) is 30.9 Å². The predicted molar refractivity (Wildman–Crippen MR) is 124 cm³/mol. The van der Waals surface area contributed by atoms with Crippen LogP contribution >= 0.6 is 11.3 Å². The molecule has 4 rings (SSSR count). The van der Waals surface area contributed by atoms with Crippen LogP contribution in [0.25, 0.3) is 10.2 Å². The third-order valence-corrected chi connectivity index (χ3v) is 6.88. The van der Waals surface area contributed by atoms with Crippen molar-refractivity contribution < 1.29 is 4.79 Å². The molecular weight excluding hydrogens is 392 g/mol. The molecule has 0 atom stereocenters. The van der Waals surface area contributed by atoms with E-state index in [-0.39, 0.29) is 5.91 Å². The largest absolute Gasteiger partial charge is 0.352 e. The second-order valence-corrected chi connectivity index (χ2v) is 9.76. The Hall–Kier alpha value is -2.47. The fraction of sp³-hybridized carbons (Fsp3) is 0.458. The van der Waals surface area contributed by atoms with Gasteiger partial charge in [0.2, 0.25) is 5.91 Å². The van der Waals surface area contributed by atoms with E-state index in [4.69, 9.17) is 9.97 Å². The van der Waals surface area contributed by atoms with E-state index in [1.54, 1.807) is 11.3 Å². The lowest BCUT2D eigenvalue weighted by Gasteiger charge is -2.36. The lowest BCUT2D eigenvalue weighted by atomic mass is 10.1. The van der Waals surface area contributed by atoms with Crippen LogP contribution in [-0.2, 0) is 11.2 Å². The molecule has 0 radical (unpaired) electrons. The maximum atomic E-state index is 12.5. The Balaban J connectivity index is 1.62. The highest BCUT2D eigenvalue weighted by Crippen LogP contribution is 2.35. The molecule has 0 saturated carbocycles. The molecule has 1 aliphatic rings. The number of carbonyl (C=O) groups excluding carboxylic acids is 1. The van der Waals surface area contributed by atoms with Gasteiger partial charge < -0.3 is 9.80 Å². The topological polar surface area (TPSA) is 49.3 Å². The second-order valence-electron chi connectivity index (χ2n) is 8.56. The van der Waals surface area contributed by atoms with Gasteiger partial charge in [0.1, 0.15) is 16.5 Å². The summed E-state index contributed by atoms with van der Waals surface area (Å²) in [5, 5.41) is 1.18. The highest BCUT2D eigenvalue weighted by Gasteiger charge is 2.25. The maximum absolute atomic E-state index is 12.5. The fourth-order valence-electron chi connectivity index (χ4n) is 4.00. The van der Waals surface area contributed by atoms with Crippen molar-refractivity contribution in [2.24, 2.45) is 5.92 Å². The molecule has 0 N–H and O–H groups in total. The minimum atomic E-state index is 0.268. The zero-order valence-corrected chi connectivity index (χ0v) is 19.1. The summed E-state index contributed by atoms with van der Waals surface area (Å²) in [6, 6.07) is 10.4. The average molecular weight is 423 g/mol. The molecule has 158 valence electrons. The number of rotatable bonds is 5. The van der Waals surface area contributed by atoms with Gasteiger partial charge in [0, 0.05) is 43.9 Å². The summed E-state index contributed by atoms with van der Waals surface area (Å²) in [7, 11) is 0. The number of anilines is 1. The van der Waals surface area contributed by atoms with Crippen LogP contribution in [0.3, 0.4) is 0 Å². The van der Waals surface area contributed by atoms with Crippen molar-refractivity contribution >= 4 is 33.3 Å². The third-order valence-electron chi connectivity index (χ3n) is 5.78. The summed E-state index contributed by atoms with van der Waals surface area (Å²) < 4.78 is 0. The van der Waals surface area contributed by atoms with Crippen molar-refractivity contribution in [1.82, 2.24) is 14.9 Å². The van der Waals surface area contributed by atoms with Crippen LogP contribution in [0.1, 0.15) is 42.1 Å². The summed E-state index contributed by atoms with van der Waals surface area (Å²) >= 11 is 1.75. The number of hydrogen-bond acceptors (Lipinski definition) is 5. The normalized spacial score (nSPS) is 14.7. The number of thiophene rings is 1. The number of fused-ring (bicyclic) bond motifs is 1.